The number of hydrogen-bond acceptors (Lipinski definition) is 3. The molecular weight excluding hydrogens is 212 g/mol. The third-order valence-electron chi connectivity index (χ3n) is 2.75. The highest BCUT2D eigenvalue weighted by Gasteiger charge is 2.14. The third-order valence-corrected chi connectivity index (χ3v) is 2.75. The first-order chi connectivity index (χ1) is 8.09. The lowest BCUT2D eigenvalue weighted by atomic mass is 10.1. The summed E-state index contributed by atoms with van der Waals surface area (Å²) in [6.07, 6.45) is 0.727. The monoisotopic (exact) mass is 236 g/mol. The number of hydrogen-bond donors (Lipinski definition) is 3. The summed E-state index contributed by atoms with van der Waals surface area (Å²) in [6, 6.07) is 10.2. The Morgan fingerprint density at radius 3 is 2.47 bits per heavy atom. The van der Waals surface area contributed by atoms with Crippen molar-refractivity contribution in [3.63, 3.8) is 0 Å². The maximum atomic E-state index is 9.90. The minimum absolute atomic E-state index is 0.332. The van der Waals surface area contributed by atoms with E-state index in [4.69, 9.17) is 5.73 Å². The summed E-state index contributed by atoms with van der Waals surface area (Å²) in [7, 11) is 0. The van der Waals surface area contributed by atoms with Crippen molar-refractivity contribution >= 4 is 0 Å². The highest BCUT2D eigenvalue weighted by Crippen LogP contribution is 2.06. The second kappa shape index (κ2) is 7.43. The standard InChI is InChI=1S/C14H24N2O/c1-11(2)10-16-14(15)13(17)9-8-12-6-4-3-5-7-12/h3-7,11,13-14,16-17H,8-10,15H2,1-2H3/t13-,14?/m1/s1. The van der Waals surface area contributed by atoms with Crippen LogP contribution in [0.15, 0.2) is 30.3 Å². The maximum absolute atomic E-state index is 9.90. The molecule has 0 saturated carbocycles. The van der Waals surface area contributed by atoms with E-state index in [-0.39, 0.29) is 6.17 Å². The van der Waals surface area contributed by atoms with Crippen LogP contribution >= 0.6 is 0 Å². The number of rotatable bonds is 7. The fraction of sp³-hybridized carbons (Fsp3) is 0.571. The quantitative estimate of drug-likeness (QED) is 0.629. The van der Waals surface area contributed by atoms with Crippen LogP contribution in [-0.4, -0.2) is 23.9 Å². The zero-order valence-corrected chi connectivity index (χ0v) is 10.8. The molecule has 0 aliphatic heterocycles. The van der Waals surface area contributed by atoms with Gasteiger partial charge >= 0.3 is 0 Å². The zero-order chi connectivity index (χ0) is 12.7. The lowest BCUT2D eigenvalue weighted by Gasteiger charge is -2.21. The average molecular weight is 236 g/mol. The molecule has 3 heteroatoms. The van der Waals surface area contributed by atoms with E-state index in [1.54, 1.807) is 0 Å². The minimum Gasteiger partial charge on any atom is -0.390 e. The molecule has 1 rings (SSSR count). The molecule has 0 aliphatic carbocycles. The highest BCUT2D eigenvalue weighted by atomic mass is 16.3. The van der Waals surface area contributed by atoms with Gasteiger partial charge in [0.15, 0.2) is 0 Å². The summed E-state index contributed by atoms with van der Waals surface area (Å²) in [6.45, 7) is 5.08. The minimum atomic E-state index is -0.492. The van der Waals surface area contributed by atoms with E-state index in [1.165, 1.54) is 5.56 Å². The summed E-state index contributed by atoms with van der Waals surface area (Å²) >= 11 is 0. The van der Waals surface area contributed by atoms with Gasteiger partial charge in [0.1, 0.15) is 0 Å². The fourth-order valence-electron chi connectivity index (χ4n) is 1.65. The summed E-state index contributed by atoms with van der Waals surface area (Å²) in [4.78, 5) is 0. The predicted octanol–water partition coefficient (Wildman–Crippen LogP) is 1.51. The number of nitrogens with two attached hydrogens (primary N) is 1. The largest absolute Gasteiger partial charge is 0.390 e. The van der Waals surface area contributed by atoms with Crippen LogP contribution in [0.1, 0.15) is 25.8 Å². The Labute approximate surface area is 104 Å². The molecule has 0 spiro atoms. The van der Waals surface area contributed by atoms with Crippen LogP contribution in [0, 0.1) is 5.92 Å². The van der Waals surface area contributed by atoms with Crippen LogP contribution in [0.4, 0.5) is 0 Å². The van der Waals surface area contributed by atoms with Gasteiger partial charge in [-0.2, -0.15) is 0 Å². The molecular formula is C14H24N2O. The van der Waals surface area contributed by atoms with Crippen molar-refractivity contribution in [1.29, 1.82) is 0 Å². The Kier molecular flexibility index (Phi) is 6.19. The van der Waals surface area contributed by atoms with Crippen molar-refractivity contribution in [3.8, 4) is 0 Å². The van der Waals surface area contributed by atoms with Crippen molar-refractivity contribution in [2.45, 2.75) is 39.0 Å². The molecule has 0 bridgehead atoms. The summed E-state index contributed by atoms with van der Waals surface area (Å²) in [5.41, 5.74) is 7.11. The van der Waals surface area contributed by atoms with Crippen LogP contribution in [0.3, 0.4) is 0 Å². The Morgan fingerprint density at radius 1 is 1.24 bits per heavy atom. The van der Waals surface area contributed by atoms with Gasteiger partial charge in [-0.1, -0.05) is 44.2 Å². The first-order valence-corrected chi connectivity index (χ1v) is 6.30. The van der Waals surface area contributed by atoms with E-state index in [2.05, 4.69) is 31.3 Å². The van der Waals surface area contributed by atoms with Crippen molar-refractivity contribution in [1.82, 2.24) is 5.32 Å². The van der Waals surface area contributed by atoms with Gasteiger partial charge < -0.3 is 10.8 Å². The van der Waals surface area contributed by atoms with Crippen molar-refractivity contribution < 1.29 is 5.11 Å². The van der Waals surface area contributed by atoms with E-state index in [1.807, 2.05) is 18.2 Å². The van der Waals surface area contributed by atoms with E-state index < -0.39 is 6.10 Å². The first kappa shape index (κ1) is 14.2. The molecule has 1 aromatic carbocycles. The highest BCUT2D eigenvalue weighted by molar-refractivity contribution is 5.14. The van der Waals surface area contributed by atoms with Crippen LogP contribution < -0.4 is 11.1 Å². The van der Waals surface area contributed by atoms with Gasteiger partial charge in [-0.3, -0.25) is 5.32 Å². The third kappa shape index (κ3) is 5.82. The van der Waals surface area contributed by atoms with Gasteiger partial charge in [0.05, 0.1) is 12.3 Å². The molecule has 0 saturated heterocycles. The molecule has 3 nitrogen and oxygen atoms in total. The molecule has 0 heterocycles. The maximum Gasteiger partial charge on any atom is 0.0825 e. The number of nitrogens with one attached hydrogen (secondary N) is 1. The molecule has 0 amide bonds. The van der Waals surface area contributed by atoms with E-state index in [0.717, 1.165) is 13.0 Å². The number of aliphatic hydroxyl groups is 1. The molecule has 0 radical (unpaired) electrons. The van der Waals surface area contributed by atoms with Crippen LogP contribution in [-0.2, 0) is 6.42 Å². The molecule has 4 N–H and O–H groups in total. The van der Waals surface area contributed by atoms with Crippen LogP contribution in [0.25, 0.3) is 0 Å². The smallest absolute Gasteiger partial charge is 0.0825 e. The van der Waals surface area contributed by atoms with E-state index >= 15 is 0 Å². The predicted molar refractivity (Wildman–Crippen MR) is 71.6 cm³/mol. The lowest BCUT2D eigenvalue weighted by molar-refractivity contribution is 0.119. The van der Waals surface area contributed by atoms with Crippen LogP contribution in [0.5, 0.6) is 0 Å². The van der Waals surface area contributed by atoms with Gasteiger partial charge in [0, 0.05) is 0 Å². The van der Waals surface area contributed by atoms with Gasteiger partial charge in [-0.05, 0) is 30.9 Å². The lowest BCUT2D eigenvalue weighted by Crippen LogP contribution is -2.48. The number of benzene rings is 1. The van der Waals surface area contributed by atoms with Gasteiger partial charge in [-0.25, -0.2) is 0 Å². The fourth-order valence-corrected chi connectivity index (χ4v) is 1.65. The Hall–Kier alpha value is -0.900. The second-order valence-corrected chi connectivity index (χ2v) is 4.92. The Morgan fingerprint density at radius 2 is 1.88 bits per heavy atom. The van der Waals surface area contributed by atoms with Crippen molar-refractivity contribution in [2.24, 2.45) is 11.7 Å². The van der Waals surface area contributed by atoms with Gasteiger partial charge in [0.2, 0.25) is 0 Å². The number of aliphatic hydroxyl groups excluding tert-OH is 1. The SMILES string of the molecule is CC(C)CNC(N)[C@H](O)CCc1ccccc1. The molecule has 1 unspecified atom stereocenters. The van der Waals surface area contributed by atoms with Crippen LogP contribution in [0.2, 0.25) is 0 Å². The first-order valence-electron chi connectivity index (χ1n) is 6.30. The summed E-state index contributed by atoms with van der Waals surface area (Å²) in [5.74, 6) is 0.544. The summed E-state index contributed by atoms with van der Waals surface area (Å²) < 4.78 is 0. The molecule has 0 fully saturated rings. The molecule has 1 aromatic rings. The number of aryl methyl sites for hydroxylation is 1. The zero-order valence-electron chi connectivity index (χ0n) is 10.8. The topological polar surface area (TPSA) is 58.3 Å². The van der Waals surface area contributed by atoms with Crippen molar-refractivity contribution in [2.75, 3.05) is 6.54 Å². The van der Waals surface area contributed by atoms with E-state index in [0.29, 0.717) is 12.3 Å². The normalized spacial score (nSPS) is 14.9. The Bertz CT molecular complexity index is 300. The molecule has 17 heavy (non-hydrogen) atoms. The van der Waals surface area contributed by atoms with Gasteiger partial charge in [0.25, 0.3) is 0 Å². The average Bonchev–Trinajstić information content (AvgIpc) is 2.34. The van der Waals surface area contributed by atoms with Crippen molar-refractivity contribution in [3.05, 3.63) is 35.9 Å². The van der Waals surface area contributed by atoms with E-state index in [9.17, 15) is 5.11 Å². The summed E-state index contributed by atoms with van der Waals surface area (Å²) in [5, 5.41) is 13.1. The molecule has 0 aromatic heterocycles. The second-order valence-electron chi connectivity index (χ2n) is 4.92. The Balaban J connectivity index is 2.26. The molecule has 0 aliphatic rings. The van der Waals surface area contributed by atoms with Gasteiger partial charge in [-0.15, -0.1) is 0 Å². The molecule has 96 valence electrons. The molecule has 2 atom stereocenters.